The number of aromatic hydroxyl groups is 2. The molecule has 19 nitrogen and oxygen atoms in total. The first-order valence-electron chi connectivity index (χ1n) is 15.8. The van der Waals surface area contributed by atoms with Gasteiger partial charge in [0.05, 0.1) is 19.3 Å². The van der Waals surface area contributed by atoms with Crippen LogP contribution in [0.2, 0.25) is 0 Å². The maximum atomic E-state index is 13.3. The van der Waals surface area contributed by atoms with Gasteiger partial charge in [0.2, 0.25) is 18.3 Å². The molecule has 0 amide bonds. The number of rotatable bonds is 8. The number of phenolic OH excluding ortho intramolecular Hbond substituents is 2. The van der Waals surface area contributed by atoms with Crippen LogP contribution in [-0.4, -0.2) is 155 Å². The van der Waals surface area contributed by atoms with Gasteiger partial charge in [-0.2, -0.15) is 0 Å². The van der Waals surface area contributed by atoms with Gasteiger partial charge in [-0.1, -0.05) is 0 Å². The van der Waals surface area contributed by atoms with Crippen molar-refractivity contribution in [1.29, 1.82) is 0 Å². The van der Waals surface area contributed by atoms with E-state index in [-0.39, 0.29) is 17.1 Å². The van der Waals surface area contributed by atoms with Gasteiger partial charge in [-0.05, 0) is 31.2 Å². The van der Waals surface area contributed by atoms with Gasteiger partial charge in [0.15, 0.2) is 23.2 Å². The number of ether oxygens (including phenoxy) is 6. The second-order valence-electron chi connectivity index (χ2n) is 12.5. The van der Waals surface area contributed by atoms with Crippen LogP contribution in [0.4, 0.5) is 0 Å². The molecule has 0 radical (unpaired) electrons. The minimum atomic E-state index is -1.99. The summed E-state index contributed by atoms with van der Waals surface area (Å²) in [6.07, 6.45) is -23.2. The second-order valence-corrected chi connectivity index (χ2v) is 12.5. The quantitative estimate of drug-likeness (QED) is 0.108. The van der Waals surface area contributed by atoms with Crippen LogP contribution in [0.15, 0.2) is 45.6 Å². The van der Waals surface area contributed by atoms with Gasteiger partial charge in [0.1, 0.15) is 83.5 Å². The number of aliphatic hydroxyl groups excluding tert-OH is 9. The largest absolute Gasteiger partial charge is 0.508 e. The van der Waals surface area contributed by atoms with Crippen LogP contribution in [0.1, 0.15) is 6.92 Å². The highest BCUT2D eigenvalue weighted by atomic mass is 16.7. The van der Waals surface area contributed by atoms with Crippen molar-refractivity contribution in [2.75, 3.05) is 13.2 Å². The average Bonchev–Trinajstić information content (AvgIpc) is 3.10. The molecular formula is C32H38O19. The lowest BCUT2D eigenvalue weighted by atomic mass is 9.98. The van der Waals surface area contributed by atoms with Crippen LogP contribution in [0, 0.1) is 0 Å². The van der Waals surface area contributed by atoms with Crippen molar-refractivity contribution >= 4 is 11.0 Å². The number of phenols is 2. The average molecular weight is 727 g/mol. The summed E-state index contributed by atoms with van der Waals surface area (Å²) in [5.41, 5.74) is -0.720. The van der Waals surface area contributed by atoms with Crippen LogP contribution in [0.3, 0.4) is 0 Å². The molecule has 19 heteroatoms. The zero-order valence-corrected chi connectivity index (χ0v) is 26.6. The third-order valence-electron chi connectivity index (χ3n) is 8.90. The molecule has 0 bridgehead atoms. The van der Waals surface area contributed by atoms with E-state index in [2.05, 4.69) is 0 Å². The Morgan fingerprint density at radius 3 is 2.08 bits per heavy atom. The topological polar surface area (TPSA) is 308 Å². The fourth-order valence-electron chi connectivity index (χ4n) is 5.85. The second kappa shape index (κ2) is 14.8. The summed E-state index contributed by atoms with van der Waals surface area (Å²) >= 11 is 0. The lowest BCUT2D eigenvalue weighted by Crippen LogP contribution is -2.61. The van der Waals surface area contributed by atoms with Gasteiger partial charge in [-0.3, -0.25) is 4.79 Å². The number of hydrogen-bond acceptors (Lipinski definition) is 19. The van der Waals surface area contributed by atoms with Crippen LogP contribution >= 0.6 is 0 Å². The molecule has 14 atom stereocenters. The van der Waals surface area contributed by atoms with Gasteiger partial charge >= 0.3 is 0 Å². The van der Waals surface area contributed by atoms with E-state index < -0.39 is 127 Å². The van der Waals surface area contributed by atoms with Crippen molar-refractivity contribution in [3.63, 3.8) is 0 Å². The molecule has 0 unspecified atom stereocenters. The predicted octanol–water partition coefficient (Wildman–Crippen LogP) is -3.28. The van der Waals surface area contributed by atoms with Gasteiger partial charge in [0, 0.05) is 17.7 Å². The fraction of sp³-hybridized carbons (Fsp3) is 0.531. The van der Waals surface area contributed by atoms with Crippen molar-refractivity contribution in [2.24, 2.45) is 0 Å². The Morgan fingerprint density at radius 1 is 0.725 bits per heavy atom. The van der Waals surface area contributed by atoms with Crippen molar-refractivity contribution in [2.45, 2.75) is 92.9 Å². The SMILES string of the molecule is C[C@@H]1O[C@@H](OC[C@H]2O[C@@H](Oc3cc4oc(-c5ccc(O)cc5)cc(=O)c4c(O)c3O[C@@H]3OC[C@H](O)[C@H](O)[C@H]3O)[C@H](O)[C@@H](O)[C@@H]2O)[C@H](O)[C@H](O)[C@H]1O. The summed E-state index contributed by atoms with van der Waals surface area (Å²) < 4.78 is 39.3. The summed E-state index contributed by atoms with van der Waals surface area (Å²) in [5, 5.41) is 114. The van der Waals surface area contributed by atoms with Gasteiger partial charge in [0.25, 0.3) is 0 Å². The van der Waals surface area contributed by atoms with Crippen LogP contribution < -0.4 is 14.9 Å². The molecule has 3 aromatic rings. The lowest BCUT2D eigenvalue weighted by molar-refractivity contribution is -0.318. The summed E-state index contributed by atoms with van der Waals surface area (Å²) in [7, 11) is 0. The van der Waals surface area contributed by atoms with Crippen molar-refractivity contribution in [3.8, 4) is 34.3 Å². The molecule has 11 N–H and O–H groups in total. The van der Waals surface area contributed by atoms with Gasteiger partial charge in [-0.25, -0.2) is 0 Å². The van der Waals surface area contributed by atoms with Gasteiger partial charge in [-0.15, -0.1) is 0 Å². The molecule has 0 spiro atoms. The van der Waals surface area contributed by atoms with Gasteiger partial charge < -0.3 is 89.0 Å². The molecule has 51 heavy (non-hydrogen) atoms. The first kappa shape index (κ1) is 37.1. The minimum absolute atomic E-state index is 0.00144. The molecule has 3 aliphatic rings. The summed E-state index contributed by atoms with van der Waals surface area (Å²) in [5.74, 6) is -2.19. The van der Waals surface area contributed by atoms with E-state index in [1.807, 2.05) is 0 Å². The number of hydrogen-bond donors (Lipinski definition) is 11. The summed E-state index contributed by atoms with van der Waals surface area (Å²) in [6, 6.07) is 7.70. The molecular weight excluding hydrogens is 688 g/mol. The molecule has 280 valence electrons. The molecule has 2 aromatic carbocycles. The first-order valence-corrected chi connectivity index (χ1v) is 15.8. The smallest absolute Gasteiger partial charge is 0.229 e. The Balaban J connectivity index is 1.34. The third-order valence-corrected chi connectivity index (χ3v) is 8.90. The standard InChI is InChI=1S/C32H38O19/c1-10-20(36)24(40)27(43)30(47-10)46-9-18-22(38)25(41)28(44)32(50-18)49-17-7-16-19(13(34)6-15(48-16)11-2-4-12(33)5-3-11)23(39)29(17)51-31-26(42)21(37)14(35)8-45-31/h2-7,10,14,18,20-22,24-28,30-33,35-44H,8-9H2,1H3/t10-,14-,18+,20-,21-,22+,24+,25-,26+,27+,28+,30+,31-,32+/m0/s1. The van der Waals surface area contributed by atoms with Crippen LogP contribution in [0.5, 0.6) is 23.0 Å². The maximum Gasteiger partial charge on any atom is 0.229 e. The predicted molar refractivity (Wildman–Crippen MR) is 165 cm³/mol. The molecule has 0 aliphatic carbocycles. The maximum absolute atomic E-state index is 13.3. The molecule has 1 aromatic heterocycles. The third kappa shape index (κ3) is 7.22. The Hall–Kier alpha value is -3.67. The van der Waals surface area contributed by atoms with E-state index in [9.17, 15) is 61.0 Å². The Bertz CT molecular complexity index is 1730. The fourth-order valence-corrected chi connectivity index (χ4v) is 5.85. The normalized spacial score (nSPS) is 37.3. The highest BCUT2D eigenvalue weighted by Gasteiger charge is 2.48. The first-order chi connectivity index (χ1) is 24.2. The zero-order valence-electron chi connectivity index (χ0n) is 26.6. The van der Waals surface area contributed by atoms with E-state index in [1.165, 1.54) is 31.2 Å². The number of fused-ring (bicyclic) bond motifs is 1. The molecule has 3 aliphatic heterocycles. The number of benzene rings is 2. The molecule has 3 fully saturated rings. The highest BCUT2D eigenvalue weighted by Crippen LogP contribution is 2.45. The highest BCUT2D eigenvalue weighted by molar-refractivity contribution is 5.89. The van der Waals surface area contributed by atoms with E-state index >= 15 is 0 Å². The van der Waals surface area contributed by atoms with Crippen molar-refractivity contribution in [3.05, 3.63) is 46.6 Å². The van der Waals surface area contributed by atoms with E-state index in [1.54, 1.807) is 0 Å². The zero-order chi connectivity index (χ0) is 36.9. The lowest BCUT2D eigenvalue weighted by Gasteiger charge is -2.42. The Labute approximate surface area is 287 Å². The van der Waals surface area contributed by atoms with E-state index in [0.29, 0.717) is 5.56 Å². The minimum Gasteiger partial charge on any atom is -0.508 e. The molecule has 0 saturated carbocycles. The summed E-state index contributed by atoms with van der Waals surface area (Å²) in [4.78, 5) is 13.3. The van der Waals surface area contributed by atoms with Crippen molar-refractivity contribution < 1.29 is 89.0 Å². The van der Waals surface area contributed by atoms with E-state index in [4.69, 9.17) is 32.8 Å². The van der Waals surface area contributed by atoms with Crippen molar-refractivity contribution in [1.82, 2.24) is 0 Å². The van der Waals surface area contributed by atoms with Crippen LogP contribution in [0.25, 0.3) is 22.3 Å². The van der Waals surface area contributed by atoms with Crippen LogP contribution in [-0.2, 0) is 18.9 Å². The monoisotopic (exact) mass is 726 g/mol. The molecule has 6 rings (SSSR count). The molecule has 3 saturated heterocycles. The number of aliphatic hydroxyl groups is 9. The summed E-state index contributed by atoms with van der Waals surface area (Å²) in [6.45, 7) is 0.290. The Morgan fingerprint density at radius 2 is 1.37 bits per heavy atom. The molecule has 4 heterocycles. The Kier molecular flexibility index (Phi) is 10.7. The van der Waals surface area contributed by atoms with E-state index in [0.717, 1.165) is 12.1 Å².